The maximum absolute atomic E-state index is 11.8. The highest BCUT2D eigenvalue weighted by Crippen LogP contribution is 2.24. The van der Waals surface area contributed by atoms with E-state index < -0.39 is 17.2 Å². The molecule has 3 aromatic heterocycles. The van der Waals surface area contributed by atoms with Crippen LogP contribution in [0.25, 0.3) is 32.8 Å². The molecule has 0 aliphatic rings. The van der Waals surface area contributed by atoms with E-state index in [1.807, 2.05) is 12.1 Å². The number of esters is 2. The summed E-state index contributed by atoms with van der Waals surface area (Å²) in [6.45, 7) is 4.14. The Hall–Kier alpha value is -4.45. The van der Waals surface area contributed by atoms with Gasteiger partial charge in [-0.15, -0.1) is 12.4 Å². The average Bonchev–Trinajstić information content (AvgIpc) is 3.41. The van der Waals surface area contributed by atoms with Crippen LogP contribution in [-0.2, 0) is 14.3 Å². The van der Waals surface area contributed by atoms with E-state index in [2.05, 4.69) is 9.72 Å². The van der Waals surface area contributed by atoms with Crippen LogP contribution in [0.4, 0.5) is 0 Å². The summed E-state index contributed by atoms with van der Waals surface area (Å²) in [5.74, 6) is -0.829. The van der Waals surface area contributed by atoms with Gasteiger partial charge >= 0.3 is 23.2 Å². The number of ether oxygens (including phenoxy) is 2. The lowest BCUT2D eigenvalue weighted by atomic mass is 10.2. The predicted molar refractivity (Wildman–Crippen MR) is 163 cm³/mol. The number of nitrogens with one attached hydrogen (secondary N) is 1. The fourth-order valence-electron chi connectivity index (χ4n) is 3.51. The normalized spacial score (nSPS) is 9.81. The Morgan fingerprint density at radius 2 is 1.45 bits per heavy atom. The van der Waals surface area contributed by atoms with Gasteiger partial charge in [-0.25, -0.2) is 14.4 Å². The van der Waals surface area contributed by atoms with Gasteiger partial charge in [0.15, 0.2) is 6.29 Å². The zero-order chi connectivity index (χ0) is 29.2. The van der Waals surface area contributed by atoms with Crippen molar-refractivity contribution >= 4 is 75.1 Å². The lowest BCUT2D eigenvalue weighted by molar-refractivity contribution is -0.141. The molecule has 0 amide bonds. The molecule has 5 rings (SSSR count). The number of nitrogens with two attached hydrogens (primary N) is 1. The van der Waals surface area contributed by atoms with Crippen molar-refractivity contribution in [2.75, 3.05) is 19.8 Å². The van der Waals surface area contributed by atoms with Crippen LogP contribution in [0.15, 0.2) is 73.0 Å². The van der Waals surface area contributed by atoms with Gasteiger partial charge in [0, 0.05) is 10.8 Å². The number of carbonyl (C=O) groups is 3. The molecule has 0 bridgehead atoms. The molecule has 0 aliphatic carbocycles. The zero-order valence-electron chi connectivity index (χ0n) is 21.9. The molecule has 0 aliphatic heterocycles. The Bertz CT molecular complexity index is 1790. The summed E-state index contributed by atoms with van der Waals surface area (Å²) in [5, 5.41) is 1.82. The van der Waals surface area contributed by atoms with Crippen LogP contribution in [0.3, 0.4) is 0 Å². The van der Waals surface area contributed by atoms with E-state index in [0.29, 0.717) is 40.3 Å². The van der Waals surface area contributed by atoms with Crippen molar-refractivity contribution in [3.8, 4) is 0 Å². The summed E-state index contributed by atoms with van der Waals surface area (Å²) in [7, 11) is 0. The van der Waals surface area contributed by atoms with E-state index in [9.17, 15) is 24.0 Å². The predicted octanol–water partition coefficient (Wildman–Crippen LogP) is 5.28. The molecule has 11 nitrogen and oxygen atoms in total. The number of aromatic nitrogens is 1. The summed E-state index contributed by atoms with van der Waals surface area (Å²) in [6, 6.07) is 15.4. The molecule has 0 atom stereocenters. The number of halogens is 2. The maximum Gasteiger partial charge on any atom is 0.354 e. The summed E-state index contributed by atoms with van der Waals surface area (Å²) in [6.07, 6.45) is 0.403. The fraction of sp³-hybridized carbons (Fsp3) is 0.207. The second-order valence-electron chi connectivity index (χ2n) is 7.82. The molecule has 0 radical (unpaired) electrons. The van der Waals surface area contributed by atoms with Gasteiger partial charge in [0.2, 0.25) is 0 Å². The highest BCUT2D eigenvalue weighted by atomic mass is 35.5. The van der Waals surface area contributed by atoms with Gasteiger partial charge < -0.3 is 29.0 Å². The van der Waals surface area contributed by atoms with Crippen LogP contribution >= 0.6 is 24.0 Å². The number of rotatable bonds is 5. The lowest BCUT2D eigenvalue weighted by Crippen LogP contribution is -2.16. The quantitative estimate of drug-likeness (QED) is 0.149. The maximum atomic E-state index is 11.8. The largest absolute Gasteiger partial charge is 0.465 e. The van der Waals surface area contributed by atoms with Gasteiger partial charge in [-0.1, -0.05) is 43.3 Å². The zero-order valence-corrected chi connectivity index (χ0v) is 23.5. The number of H-pyrrole nitrogens is 1. The van der Waals surface area contributed by atoms with Crippen LogP contribution in [-0.4, -0.2) is 43.0 Å². The van der Waals surface area contributed by atoms with Crippen molar-refractivity contribution in [2.24, 2.45) is 5.73 Å². The summed E-state index contributed by atoms with van der Waals surface area (Å²) >= 11 is 5.86. The van der Waals surface area contributed by atoms with Gasteiger partial charge in [0.1, 0.15) is 22.4 Å². The molecular weight excluding hydrogens is 591 g/mol. The minimum Gasteiger partial charge on any atom is -0.465 e. The first-order valence-electron chi connectivity index (χ1n) is 12.0. The van der Waals surface area contributed by atoms with Crippen LogP contribution < -0.4 is 17.0 Å². The van der Waals surface area contributed by atoms with Gasteiger partial charge in [-0.3, -0.25) is 9.59 Å². The van der Waals surface area contributed by atoms with E-state index >= 15 is 0 Å². The number of aldehydes is 1. The van der Waals surface area contributed by atoms with Crippen molar-refractivity contribution in [3.05, 3.63) is 91.7 Å². The molecule has 0 saturated heterocycles. The number of aromatic amines is 1. The van der Waals surface area contributed by atoms with Gasteiger partial charge in [0.25, 0.3) is 0 Å². The Labute approximate surface area is 250 Å². The first-order valence-corrected chi connectivity index (χ1v) is 12.4. The highest BCUT2D eigenvalue weighted by Gasteiger charge is 2.15. The standard InChI is InChI=1S/C14H11NO4.C10H5ClO3.C4H9NO2.CH4.ClH/c1-2-18-14(17)10-7-9-12(15-10)8-5-3-4-6-11(8)19-13(9)16;11-9-6-3-1-2-4-8(6)14-10(13)7(9)5-12;1-2-7-4(6)3-5;;/h3-7,15H,2H2,1H3;1-5H;2-3,5H2,1H3;1H4;1H. The van der Waals surface area contributed by atoms with Crippen molar-refractivity contribution < 1.29 is 32.7 Å². The third kappa shape index (κ3) is 8.29. The van der Waals surface area contributed by atoms with Gasteiger partial charge in [0.05, 0.1) is 35.7 Å². The molecule has 0 saturated carbocycles. The molecule has 5 aromatic rings. The van der Waals surface area contributed by atoms with Gasteiger partial charge in [-0.05, 0) is 44.2 Å². The second kappa shape index (κ2) is 16.7. The lowest BCUT2D eigenvalue weighted by Gasteiger charge is -1.99. The third-order valence-electron chi connectivity index (χ3n) is 5.26. The third-order valence-corrected chi connectivity index (χ3v) is 5.67. The number of benzene rings is 2. The van der Waals surface area contributed by atoms with E-state index in [4.69, 9.17) is 30.9 Å². The van der Waals surface area contributed by atoms with E-state index in [0.717, 1.165) is 5.39 Å². The fourth-order valence-corrected chi connectivity index (χ4v) is 3.79. The van der Waals surface area contributed by atoms with Crippen LogP contribution in [0.5, 0.6) is 0 Å². The SMILES string of the molecule is C.CCOC(=O)CN.CCOC(=O)c1cc2c(=O)oc3ccccc3c2[nH]1.Cl.O=Cc1c(Cl)c2ccccc2oc1=O. The number of hydrogen-bond donors (Lipinski definition) is 2. The Kier molecular flexibility index (Phi) is 14.2. The molecule has 3 heterocycles. The minimum atomic E-state index is -0.705. The number of para-hydroxylation sites is 2. The molecule has 13 heteroatoms. The monoisotopic (exact) mass is 620 g/mol. The number of carbonyl (C=O) groups excluding carboxylic acids is 3. The molecule has 42 heavy (non-hydrogen) atoms. The van der Waals surface area contributed by atoms with Crippen molar-refractivity contribution in [1.82, 2.24) is 4.98 Å². The topological polar surface area (TPSA) is 172 Å². The van der Waals surface area contributed by atoms with Crippen molar-refractivity contribution in [1.29, 1.82) is 0 Å². The van der Waals surface area contributed by atoms with Crippen LogP contribution in [0.2, 0.25) is 5.02 Å². The minimum absolute atomic E-state index is 0. The average molecular weight is 621 g/mol. The van der Waals surface area contributed by atoms with Crippen molar-refractivity contribution in [3.63, 3.8) is 0 Å². The first kappa shape index (κ1) is 35.6. The smallest absolute Gasteiger partial charge is 0.354 e. The Morgan fingerprint density at radius 1 is 0.905 bits per heavy atom. The van der Waals surface area contributed by atoms with E-state index in [-0.39, 0.29) is 55.2 Å². The number of fused-ring (bicyclic) bond motifs is 4. The van der Waals surface area contributed by atoms with Crippen LogP contribution in [0.1, 0.15) is 42.1 Å². The molecule has 0 fully saturated rings. The molecule has 3 N–H and O–H groups in total. The number of hydrogen-bond acceptors (Lipinski definition) is 10. The first-order chi connectivity index (χ1) is 19.2. The Balaban J connectivity index is 0.000000340. The molecule has 0 unspecified atom stereocenters. The molecule has 224 valence electrons. The highest BCUT2D eigenvalue weighted by molar-refractivity contribution is 6.37. The summed E-state index contributed by atoms with van der Waals surface area (Å²) < 4.78 is 19.4. The van der Waals surface area contributed by atoms with E-state index in [1.54, 1.807) is 50.2 Å². The van der Waals surface area contributed by atoms with Crippen LogP contribution in [0, 0.1) is 0 Å². The van der Waals surface area contributed by atoms with E-state index in [1.165, 1.54) is 6.07 Å². The molecular formula is C29H30Cl2N2O9. The molecule has 0 spiro atoms. The van der Waals surface area contributed by atoms with Gasteiger partial charge in [-0.2, -0.15) is 0 Å². The van der Waals surface area contributed by atoms with Crippen molar-refractivity contribution in [2.45, 2.75) is 21.3 Å². The molecule has 2 aromatic carbocycles. The summed E-state index contributed by atoms with van der Waals surface area (Å²) in [5.41, 5.74) is 5.28. The second-order valence-corrected chi connectivity index (χ2v) is 8.20. The summed E-state index contributed by atoms with van der Waals surface area (Å²) in [4.78, 5) is 58.3. The Morgan fingerprint density at radius 3 is 2.00 bits per heavy atom.